The fraction of sp³-hybridized carbons (Fsp3) is 0.700. The maximum Gasteiger partial charge on any atom is 0.183 e. The number of aromatic nitrogens is 1. The van der Waals surface area contributed by atoms with E-state index in [2.05, 4.69) is 4.98 Å². The molecule has 1 aliphatic rings. The second-order valence-corrected chi connectivity index (χ2v) is 5.35. The lowest BCUT2D eigenvalue weighted by Gasteiger charge is -2.21. The standard InChI is InChI=1S/C10H14ClNO2S/c11-10-12-5-9(15-10)7-14-6-8-1-3-13-4-2-8/h5,8H,1-4,6-7H2. The molecule has 5 heteroatoms. The van der Waals surface area contributed by atoms with E-state index in [0.29, 0.717) is 17.0 Å². The van der Waals surface area contributed by atoms with E-state index >= 15 is 0 Å². The van der Waals surface area contributed by atoms with Crippen LogP contribution in [-0.2, 0) is 16.1 Å². The molecule has 1 saturated heterocycles. The van der Waals surface area contributed by atoms with Gasteiger partial charge in [-0.05, 0) is 18.8 Å². The first-order valence-electron chi connectivity index (χ1n) is 5.10. The quantitative estimate of drug-likeness (QED) is 0.820. The number of nitrogens with zero attached hydrogens (tertiary/aromatic N) is 1. The topological polar surface area (TPSA) is 31.4 Å². The van der Waals surface area contributed by atoms with Crippen LogP contribution in [0.2, 0.25) is 4.47 Å². The number of ether oxygens (including phenoxy) is 2. The fourth-order valence-corrected chi connectivity index (χ4v) is 2.51. The van der Waals surface area contributed by atoms with Crippen molar-refractivity contribution in [3.8, 4) is 0 Å². The van der Waals surface area contributed by atoms with Crippen LogP contribution in [0.3, 0.4) is 0 Å². The highest BCUT2D eigenvalue weighted by atomic mass is 35.5. The van der Waals surface area contributed by atoms with Crippen LogP contribution in [0.15, 0.2) is 6.20 Å². The van der Waals surface area contributed by atoms with Crippen molar-refractivity contribution in [1.82, 2.24) is 4.98 Å². The Balaban J connectivity index is 1.65. The number of thiazole rings is 1. The zero-order valence-electron chi connectivity index (χ0n) is 8.45. The van der Waals surface area contributed by atoms with Crippen LogP contribution in [0.25, 0.3) is 0 Å². The Morgan fingerprint density at radius 3 is 3.00 bits per heavy atom. The number of rotatable bonds is 4. The molecule has 0 spiro atoms. The smallest absolute Gasteiger partial charge is 0.183 e. The lowest BCUT2D eigenvalue weighted by molar-refractivity contribution is 0.0163. The number of hydrogen-bond donors (Lipinski definition) is 0. The third-order valence-electron chi connectivity index (χ3n) is 2.46. The Morgan fingerprint density at radius 1 is 1.53 bits per heavy atom. The molecule has 0 N–H and O–H groups in total. The number of hydrogen-bond acceptors (Lipinski definition) is 4. The summed E-state index contributed by atoms with van der Waals surface area (Å²) in [6.45, 7) is 3.20. The highest BCUT2D eigenvalue weighted by Gasteiger charge is 2.13. The summed E-state index contributed by atoms with van der Waals surface area (Å²) in [6, 6.07) is 0. The van der Waals surface area contributed by atoms with E-state index in [4.69, 9.17) is 21.1 Å². The van der Waals surface area contributed by atoms with Crippen molar-refractivity contribution in [3.63, 3.8) is 0 Å². The lowest BCUT2D eigenvalue weighted by Crippen LogP contribution is -2.19. The predicted octanol–water partition coefficient (Wildman–Crippen LogP) is 2.74. The summed E-state index contributed by atoms with van der Waals surface area (Å²) in [7, 11) is 0. The van der Waals surface area contributed by atoms with Gasteiger partial charge in [0, 0.05) is 19.4 Å². The van der Waals surface area contributed by atoms with E-state index in [1.54, 1.807) is 6.20 Å². The normalized spacial score (nSPS) is 18.2. The van der Waals surface area contributed by atoms with Crippen molar-refractivity contribution in [2.45, 2.75) is 19.4 Å². The van der Waals surface area contributed by atoms with Crippen LogP contribution in [0, 0.1) is 5.92 Å². The summed E-state index contributed by atoms with van der Waals surface area (Å²) in [6.07, 6.45) is 4.00. The van der Waals surface area contributed by atoms with Gasteiger partial charge in [0.1, 0.15) is 0 Å². The Morgan fingerprint density at radius 2 is 2.33 bits per heavy atom. The summed E-state index contributed by atoms with van der Waals surface area (Å²) >= 11 is 7.20. The summed E-state index contributed by atoms with van der Waals surface area (Å²) in [4.78, 5) is 5.06. The van der Waals surface area contributed by atoms with Gasteiger partial charge in [-0.3, -0.25) is 0 Å². The maximum absolute atomic E-state index is 5.72. The molecule has 0 unspecified atom stereocenters. The summed E-state index contributed by atoms with van der Waals surface area (Å²) in [5.74, 6) is 0.655. The Kier molecular flexibility index (Phi) is 4.38. The van der Waals surface area contributed by atoms with Gasteiger partial charge in [-0.25, -0.2) is 4.98 Å². The maximum atomic E-state index is 5.72. The van der Waals surface area contributed by atoms with Crippen molar-refractivity contribution in [3.05, 3.63) is 15.5 Å². The Bertz CT molecular complexity index is 299. The molecule has 1 fully saturated rings. The summed E-state index contributed by atoms with van der Waals surface area (Å²) in [5, 5.41) is 0. The van der Waals surface area contributed by atoms with Crippen molar-refractivity contribution in [2.75, 3.05) is 19.8 Å². The highest BCUT2D eigenvalue weighted by molar-refractivity contribution is 7.15. The Hall–Kier alpha value is -0.160. The van der Waals surface area contributed by atoms with Crippen LogP contribution < -0.4 is 0 Å². The first-order chi connectivity index (χ1) is 7.34. The third-order valence-corrected chi connectivity index (χ3v) is 3.55. The van der Waals surface area contributed by atoms with Crippen molar-refractivity contribution < 1.29 is 9.47 Å². The first-order valence-corrected chi connectivity index (χ1v) is 6.30. The molecule has 0 aromatic carbocycles. The fourth-order valence-electron chi connectivity index (χ4n) is 1.59. The van der Waals surface area contributed by atoms with Crippen molar-refractivity contribution in [1.29, 1.82) is 0 Å². The molecular weight excluding hydrogens is 234 g/mol. The monoisotopic (exact) mass is 247 g/mol. The van der Waals surface area contributed by atoms with E-state index in [0.717, 1.165) is 37.5 Å². The molecule has 0 saturated carbocycles. The largest absolute Gasteiger partial charge is 0.381 e. The van der Waals surface area contributed by atoms with Gasteiger partial charge >= 0.3 is 0 Å². The number of halogens is 1. The van der Waals surface area contributed by atoms with Crippen LogP contribution in [0.5, 0.6) is 0 Å². The van der Waals surface area contributed by atoms with Gasteiger partial charge in [0.15, 0.2) is 4.47 Å². The van der Waals surface area contributed by atoms with E-state index < -0.39 is 0 Å². The van der Waals surface area contributed by atoms with Gasteiger partial charge in [0.05, 0.1) is 18.1 Å². The van der Waals surface area contributed by atoms with Crippen molar-refractivity contribution >= 4 is 22.9 Å². The first kappa shape index (κ1) is 11.3. The third kappa shape index (κ3) is 3.72. The molecule has 2 rings (SSSR count). The summed E-state index contributed by atoms with van der Waals surface area (Å²) in [5.41, 5.74) is 0. The SMILES string of the molecule is Clc1ncc(COCC2CCOCC2)s1. The highest BCUT2D eigenvalue weighted by Crippen LogP contribution is 2.20. The average Bonchev–Trinajstić information content (AvgIpc) is 2.66. The minimum absolute atomic E-state index is 0.583. The molecule has 0 radical (unpaired) electrons. The van der Waals surface area contributed by atoms with Crippen LogP contribution in [0.4, 0.5) is 0 Å². The molecular formula is C10H14ClNO2S. The molecule has 0 aliphatic carbocycles. The minimum Gasteiger partial charge on any atom is -0.381 e. The van der Waals surface area contributed by atoms with E-state index in [1.807, 2.05) is 0 Å². The zero-order chi connectivity index (χ0) is 10.5. The van der Waals surface area contributed by atoms with Crippen LogP contribution in [0.1, 0.15) is 17.7 Å². The zero-order valence-corrected chi connectivity index (χ0v) is 10.0. The van der Waals surface area contributed by atoms with Crippen LogP contribution >= 0.6 is 22.9 Å². The predicted molar refractivity (Wildman–Crippen MR) is 60.3 cm³/mol. The molecule has 15 heavy (non-hydrogen) atoms. The van der Waals surface area contributed by atoms with E-state index in [-0.39, 0.29) is 0 Å². The molecule has 0 bridgehead atoms. The van der Waals surface area contributed by atoms with Gasteiger partial charge in [-0.15, -0.1) is 11.3 Å². The molecule has 1 aromatic rings. The molecule has 1 aliphatic heterocycles. The molecule has 2 heterocycles. The molecule has 1 aromatic heterocycles. The second kappa shape index (κ2) is 5.80. The molecule has 0 atom stereocenters. The lowest BCUT2D eigenvalue weighted by atomic mass is 10.0. The van der Waals surface area contributed by atoms with Gasteiger partial charge in [-0.2, -0.15) is 0 Å². The Labute approximate surface area is 98.4 Å². The van der Waals surface area contributed by atoms with E-state index in [1.165, 1.54) is 11.3 Å². The molecule has 0 amide bonds. The van der Waals surface area contributed by atoms with Crippen molar-refractivity contribution in [2.24, 2.45) is 5.92 Å². The summed E-state index contributed by atoms with van der Waals surface area (Å²) < 4.78 is 11.5. The van der Waals surface area contributed by atoms with Gasteiger partial charge in [0.25, 0.3) is 0 Å². The average molecular weight is 248 g/mol. The van der Waals surface area contributed by atoms with Crippen LogP contribution in [-0.4, -0.2) is 24.8 Å². The van der Waals surface area contributed by atoms with E-state index in [9.17, 15) is 0 Å². The molecule has 3 nitrogen and oxygen atoms in total. The molecule has 84 valence electrons. The minimum atomic E-state index is 0.583. The second-order valence-electron chi connectivity index (χ2n) is 3.65. The van der Waals surface area contributed by atoms with Gasteiger partial charge in [0.2, 0.25) is 0 Å². The van der Waals surface area contributed by atoms with Gasteiger partial charge < -0.3 is 9.47 Å². The van der Waals surface area contributed by atoms with Gasteiger partial charge in [-0.1, -0.05) is 11.6 Å².